The Bertz CT molecular complexity index is 359. The first-order valence-corrected chi connectivity index (χ1v) is 4.61. The van der Waals surface area contributed by atoms with Crippen LogP contribution in [0.3, 0.4) is 0 Å². The normalized spacial score (nSPS) is 10.3. The van der Waals surface area contributed by atoms with Gasteiger partial charge >= 0.3 is 0 Å². The van der Waals surface area contributed by atoms with Gasteiger partial charge in [-0.15, -0.1) is 0 Å². The standard InChI is InChI=1S/C11H12F2O/c1-3-7-9(12)6-5-8(11(7)13)10(14)4-2/h5-6H,3-4H2,1-2H3. The molecule has 0 N–H and O–H groups in total. The maximum Gasteiger partial charge on any atom is 0.165 e. The van der Waals surface area contributed by atoms with Gasteiger partial charge in [0.05, 0.1) is 5.56 Å². The number of benzene rings is 1. The van der Waals surface area contributed by atoms with Crippen LogP contribution in [0.2, 0.25) is 0 Å². The Morgan fingerprint density at radius 2 is 1.93 bits per heavy atom. The summed E-state index contributed by atoms with van der Waals surface area (Å²) in [6.45, 7) is 3.30. The molecule has 0 radical (unpaired) electrons. The first-order chi connectivity index (χ1) is 6.61. The van der Waals surface area contributed by atoms with Gasteiger partial charge in [0.15, 0.2) is 5.78 Å². The first-order valence-electron chi connectivity index (χ1n) is 4.61. The monoisotopic (exact) mass is 198 g/mol. The number of Topliss-reactive ketones (excluding diaryl/α,β-unsaturated/α-hetero) is 1. The van der Waals surface area contributed by atoms with Crippen molar-refractivity contribution in [3.63, 3.8) is 0 Å². The Morgan fingerprint density at radius 3 is 2.43 bits per heavy atom. The van der Waals surface area contributed by atoms with Crippen molar-refractivity contribution in [1.82, 2.24) is 0 Å². The highest BCUT2D eigenvalue weighted by Crippen LogP contribution is 2.18. The van der Waals surface area contributed by atoms with E-state index in [2.05, 4.69) is 0 Å². The first kappa shape index (κ1) is 10.8. The summed E-state index contributed by atoms with van der Waals surface area (Å²) < 4.78 is 26.6. The van der Waals surface area contributed by atoms with Crippen LogP contribution in [0.4, 0.5) is 8.78 Å². The van der Waals surface area contributed by atoms with Crippen LogP contribution in [0.15, 0.2) is 12.1 Å². The molecule has 0 saturated heterocycles. The van der Waals surface area contributed by atoms with Gasteiger partial charge in [-0.2, -0.15) is 0 Å². The summed E-state index contributed by atoms with van der Waals surface area (Å²) in [4.78, 5) is 11.3. The average Bonchev–Trinajstić information content (AvgIpc) is 2.18. The van der Waals surface area contributed by atoms with Crippen molar-refractivity contribution < 1.29 is 13.6 Å². The van der Waals surface area contributed by atoms with E-state index in [0.29, 0.717) is 0 Å². The van der Waals surface area contributed by atoms with Crippen molar-refractivity contribution in [3.05, 3.63) is 34.9 Å². The smallest absolute Gasteiger partial charge is 0.165 e. The number of halogens is 2. The Kier molecular flexibility index (Phi) is 3.33. The van der Waals surface area contributed by atoms with Gasteiger partial charge in [-0.25, -0.2) is 8.78 Å². The van der Waals surface area contributed by atoms with Crippen LogP contribution >= 0.6 is 0 Å². The van der Waals surface area contributed by atoms with Crippen LogP contribution in [-0.4, -0.2) is 5.78 Å². The van der Waals surface area contributed by atoms with Crippen LogP contribution in [0.1, 0.15) is 36.2 Å². The number of rotatable bonds is 3. The number of carbonyl (C=O) groups is 1. The number of hydrogen-bond acceptors (Lipinski definition) is 1. The predicted molar refractivity (Wildman–Crippen MR) is 50.4 cm³/mol. The fourth-order valence-electron chi connectivity index (χ4n) is 1.33. The second-order valence-electron chi connectivity index (χ2n) is 3.02. The van der Waals surface area contributed by atoms with Crippen molar-refractivity contribution in [3.8, 4) is 0 Å². The lowest BCUT2D eigenvalue weighted by Crippen LogP contribution is -2.05. The van der Waals surface area contributed by atoms with Crippen LogP contribution < -0.4 is 0 Å². The molecule has 0 aliphatic carbocycles. The van der Waals surface area contributed by atoms with E-state index in [0.717, 1.165) is 6.07 Å². The molecule has 1 aromatic rings. The predicted octanol–water partition coefficient (Wildman–Crippen LogP) is 3.12. The molecule has 0 bridgehead atoms. The molecule has 0 spiro atoms. The molecule has 1 aromatic carbocycles. The molecular weight excluding hydrogens is 186 g/mol. The zero-order chi connectivity index (χ0) is 10.7. The SMILES string of the molecule is CCC(=O)c1ccc(F)c(CC)c1F. The maximum absolute atomic E-state index is 13.5. The Hall–Kier alpha value is -1.25. The molecule has 0 heterocycles. The van der Waals surface area contributed by atoms with E-state index in [1.165, 1.54) is 6.07 Å². The largest absolute Gasteiger partial charge is 0.294 e. The van der Waals surface area contributed by atoms with E-state index in [9.17, 15) is 13.6 Å². The molecule has 0 atom stereocenters. The fourth-order valence-corrected chi connectivity index (χ4v) is 1.33. The van der Waals surface area contributed by atoms with Gasteiger partial charge in [-0.05, 0) is 18.6 Å². The van der Waals surface area contributed by atoms with Gasteiger partial charge in [0.2, 0.25) is 0 Å². The molecule has 14 heavy (non-hydrogen) atoms. The average molecular weight is 198 g/mol. The summed E-state index contributed by atoms with van der Waals surface area (Å²) in [5, 5.41) is 0. The van der Waals surface area contributed by atoms with Crippen LogP contribution in [0.25, 0.3) is 0 Å². The Labute approximate surface area is 81.7 Å². The van der Waals surface area contributed by atoms with Gasteiger partial charge in [-0.3, -0.25) is 4.79 Å². The molecule has 0 saturated carbocycles. The van der Waals surface area contributed by atoms with Gasteiger partial charge < -0.3 is 0 Å². The van der Waals surface area contributed by atoms with E-state index < -0.39 is 11.6 Å². The second kappa shape index (κ2) is 4.31. The molecule has 0 amide bonds. The number of hydrogen-bond donors (Lipinski definition) is 0. The molecule has 76 valence electrons. The molecular formula is C11H12F2O. The topological polar surface area (TPSA) is 17.1 Å². The Morgan fingerprint density at radius 1 is 1.29 bits per heavy atom. The molecule has 0 aromatic heterocycles. The quantitative estimate of drug-likeness (QED) is 0.682. The van der Waals surface area contributed by atoms with Gasteiger partial charge in [0, 0.05) is 12.0 Å². The molecule has 1 rings (SSSR count). The van der Waals surface area contributed by atoms with Crippen molar-refractivity contribution in [2.45, 2.75) is 26.7 Å². The minimum Gasteiger partial charge on any atom is -0.294 e. The summed E-state index contributed by atoms with van der Waals surface area (Å²) in [6, 6.07) is 2.35. The third-order valence-corrected chi connectivity index (χ3v) is 2.16. The minimum atomic E-state index is -0.709. The molecule has 0 unspecified atom stereocenters. The van der Waals surface area contributed by atoms with Gasteiger partial charge in [0.25, 0.3) is 0 Å². The van der Waals surface area contributed by atoms with E-state index in [1.54, 1.807) is 13.8 Å². The molecule has 0 fully saturated rings. The molecule has 0 aliphatic heterocycles. The fraction of sp³-hybridized carbons (Fsp3) is 0.364. The third-order valence-electron chi connectivity index (χ3n) is 2.16. The summed E-state index contributed by atoms with van der Waals surface area (Å²) in [5.74, 6) is -1.59. The molecule has 3 heteroatoms. The zero-order valence-electron chi connectivity index (χ0n) is 8.23. The van der Waals surface area contributed by atoms with Crippen molar-refractivity contribution in [2.24, 2.45) is 0 Å². The summed E-state index contributed by atoms with van der Waals surface area (Å²) >= 11 is 0. The van der Waals surface area contributed by atoms with Crippen LogP contribution in [0.5, 0.6) is 0 Å². The maximum atomic E-state index is 13.5. The van der Waals surface area contributed by atoms with Gasteiger partial charge in [0.1, 0.15) is 11.6 Å². The van der Waals surface area contributed by atoms with Crippen molar-refractivity contribution in [1.29, 1.82) is 0 Å². The minimum absolute atomic E-state index is 0.00856. The number of ketones is 1. The number of carbonyl (C=O) groups excluding carboxylic acids is 1. The molecule has 1 nitrogen and oxygen atoms in total. The summed E-state index contributed by atoms with van der Waals surface area (Å²) in [6.07, 6.45) is 0.480. The van der Waals surface area contributed by atoms with Gasteiger partial charge in [-0.1, -0.05) is 13.8 Å². The second-order valence-corrected chi connectivity index (χ2v) is 3.02. The van der Waals surface area contributed by atoms with Crippen LogP contribution in [-0.2, 0) is 6.42 Å². The third kappa shape index (κ3) is 1.81. The highest BCUT2D eigenvalue weighted by atomic mass is 19.1. The van der Waals surface area contributed by atoms with E-state index in [1.807, 2.05) is 0 Å². The lowest BCUT2D eigenvalue weighted by Gasteiger charge is -2.06. The van der Waals surface area contributed by atoms with Crippen molar-refractivity contribution >= 4 is 5.78 Å². The lowest BCUT2D eigenvalue weighted by atomic mass is 10.0. The van der Waals surface area contributed by atoms with E-state index in [-0.39, 0.29) is 29.8 Å². The lowest BCUT2D eigenvalue weighted by molar-refractivity contribution is 0.0984. The highest BCUT2D eigenvalue weighted by molar-refractivity contribution is 5.96. The summed E-state index contributed by atoms with van der Waals surface area (Å²) in [5.41, 5.74) is -0.0185. The Balaban J connectivity index is 3.28. The van der Waals surface area contributed by atoms with Crippen molar-refractivity contribution in [2.75, 3.05) is 0 Å². The van der Waals surface area contributed by atoms with Crippen LogP contribution in [0, 0.1) is 11.6 Å². The highest BCUT2D eigenvalue weighted by Gasteiger charge is 2.15. The van der Waals surface area contributed by atoms with E-state index >= 15 is 0 Å². The van der Waals surface area contributed by atoms with E-state index in [4.69, 9.17) is 0 Å². The molecule has 0 aliphatic rings. The summed E-state index contributed by atoms with van der Waals surface area (Å²) in [7, 11) is 0. The zero-order valence-corrected chi connectivity index (χ0v) is 8.23.